The summed E-state index contributed by atoms with van der Waals surface area (Å²) < 4.78 is 5.79. The Morgan fingerprint density at radius 2 is 2.16 bits per heavy atom. The molecule has 0 atom stereocenters. The molecular formula is C14H18N2O2S. The molecule has 0 unspecified atom stereocenters. The third kappa shape index (κ3) is 3.22. The molecule has 102 valence electrons. The van der Waals surface area contributed by atoms with Crippen LogP contribution in [0.25, 0.3) is 0 Å². The number of nitrogens with one attached hydrogen (secondary N) is 1. The minimum atomic E-state index is 0.0696. The van der Waals surface area contributed by atoms with Crippen LogP contribution in [0.4, 0.5) is 5.69 Å². The first-order valence-corrected chi connectivity index (χ1v) is 7.72. The topological polar surface area (TPSA) is 41.6 Å². The number of amides is 1. The second kappa shape index (κ2) is 5.84. The number of carbonyl (C=O) groups is 1. The van der Waals surface area contributed by atoms with E-state index in [0.717, 1.165) is 29.5 Å². The van der Waals surface area contributed by atoms with Crippen molar-refractivity contribution in [2.24, 2.45) is 0 Å². The van der Waals surface area contributed by atoms with Gasteiger partial charge in [0.1, 0.15) is 12.4 Å². The van der Waals surface area contributed by atoms with Crippen LogP contribution in [-0.2, 0) is 4.79 Å². The standard InChI is InChI=1S/C14H18N2O2S/c17-14-10-19-13-9-11(3-4-12(13)15-14)18-8-7-16-5-1-2-6-16/h3-4,9H,1-2,5-8,10H2,(H,15,17). The van der Waals surface area contributed by atoms with Gasteiger partial charge in [0.15, 0.2) is 0 Å². The Morgan fingerprint density at radius 1 is 1.32 bits per heavy atom. The SMILES string of the molecule is O=C1CSc2cc(OCCN3CCCC3)ccc2N1. The Bertz CT molecular complexity index is 473. The van der Waals surface area contributed by atoms with Gasteiger partial charge in [-0.15, -0.1) is 11.8 Å². The first kappa shape index (κ1) is 12.8. The van der Waals surface area contributed by atoms with E-state index in [2.05, 4.69) is 10.2 Å². The lowest BCUT2D eigenvalue weighted by Crippen LogP contribution is -2.25. The van der Waals surface area contributed by atoms with Gasteiger partial charge in [-0.3, -0.25) is 9.69 Å². The zero-order valence-electron chi connectivity index (χ0n) is 10.9. The van der Waals surface area contributed by atoms with Gasteiger partial charge in [0.05, 0.1) is 11.4 Å². The molecule has 0 aromatic heterocycles. The zero-order chi connectivity index (χ0) is 13.1. The highest BCUT2D eigenvalue weighted by atomic mass is 32.2. The highest BCUT2D eigenvalue weighted by Gasteiger charge is 2.16. The number of nitrogens with zero attached hydrogens (tertiary/aromatic N) is 1. The fourth-order valence-electron chi connectivity index (χ4n) is 2.44. The molecule has 1 aromatic carbocycles. The van der Waals surface area contributed by atoms with Crippen molar-refractivity contribution in [3.63, 3.8) is 0 Å². The zero-order valence-corrected chi connectivity index (χ0v) is 11.7. The van der Waals surface area contributed by atoms with Crippen molar-refractivity contribution in [3.8, 4) is 5.75 Å². The summed E-state index contributed by atoms with van der Waals surface area (Å²) in [6.45, 7) is 4.14. The normalized spacial score (nSPS) is 19.1. The monoisotopic (exact) mass is 278 g/mol. The van der Waals surface area contributed by atoms with Gasteiger partial charge < -0.3 is 10.1 Å². The van der Waals surface area contributed by atoms with Crippen LogP contribution in [0.2, 0.25) is 0 Å². The number of thioether (sulfide) groups is 1. The fourth-order valence-corrected chi connectivity index (χ4v) is 3.28. The predicted molar refractivity (Wildman–Crippen MR) is 77.0 cm³/mol. The molecule has 0 saturated carbocycles. The van der Waals surface area contributed by atoms with E-state index in [9.17, 15) is 4.79 Å². The van der Waals surface area contributed by atoms with Crippen molar-refractivity contribution in [1.29, 1.82) is 0 Å². The molecule has 1 amide bonds. The van der Waals surface area contributed by atoms with Gasteiger partial charge in [-0.25, -0.2) is 0 Å². The van der Waals surface area contributed by atoms with E-state index in [4.69, 9.17) is 4.74 Å². The van der Waals surface area contributed by atoms with Gasteiger partial charge >= 0.3 is 0 Å². The summed E-state index contributed by atoms with van der Waals surface area (Å²) in [5.74, 6) is 1.45. The van der Waals surface area contributed by atoms with E-state index >= 15 is 0 Å². The van der Waals surface area contributed by atoms with E-state index < -0.39 is 0 Å². The Kier molecular flexibility index (Phi) is 3.94. The van der Waals surface area contributed by atoms with Gasteiger partial charge in [0, 0.05) is 11.4 Å². The maximum absolute atomic E-state index is 11.3. The summed E-state index contributed by atoms with van der Waals surface area (Å²) in [5.41, 5.74) is 0.896. The number of rotatable bonds is 4. The first-order chi connectivity index (χ1) is 9.31. The summed E-state index contributed by atoms with van der Waals surface area (Å²) in [7, 11) is 0. The van der Waals surface area contributed by atoms with Crippen molar-refractivity contribution < 1.29 is 9.53 Å². The van der Waals surface area contributed by atoms with Crippen molar-refractivity contribution in [3.05, 3.63) is 18.2 Å². The molecule has 0 radical (unpaired) electrons. The van der Waals surface area contributed by atoms with Crippen molar-refractivity contribution >= 4 is 23.4 Å². The maximum Gasteiger partial charge on any atom is 0.234 e. The van der Waals surface area contributed by atoms with Crippen LogP contribution in [0, 0.1) is 0 Å². The van der Waals surface area contributed by atoms with Crippen molar-refractivity contribution in [2.75, 3.05) is 37.3 Å². The van der Waals surface area contributed by atoms with E-state index in [1.807, 2.05) is 18.2 Å². The van der Waals surface area contributed by atoms with Gasteiger partial charge in [-0.2, -0.15) is 0 Å². The lowest BCUT2D eigenvalue weighted by molar-refractivity contribution is -0.113. The number of hydrogen-bond acceptors (Lipinski definition) is 4. The Balaban J connectivity index is 1.55. The number of anilines is 1. The minimum Gasteiger partial charge on any atom is -0.492 e. The molecule has 2 aliphatic rings. The molecule has 1 saturated heterocycles. The number of benzene rings is 1. The van der Waals surface area contributed by atoms with Crippen LogP contribution in [-0.4, -0.2) is 42.8 Å². The van der Waals surface area contributed by atoms with Crippen molar-refractivity contribution in [2.45, 2.75) is 17.7 Å². The summed E-state index contributed by atoms with van der Waals surface area (Å²) in [6.07, 6.45) is 2.63. The minimum absolute atomic E-state index is 0.0696. The van der Waals surface area contributed by atoms with Crippen LogP contribution < -0.4 is 10.1 Å². The average Bonchev–Trinajstić information content (AvgIpc) is 2.92. The fraction of sp³-hybridized carbons (Fsp3) is 0.500. The second-order valence-corrected chi connectivity index (χ2v) is 5.91. The summed E-state index contributed by atoms with van der Waals surface area (Å²) in [4.78, 5) is 14.8. The first-order valence-electron chi connectivity index (χ1n) is 6.73. The Labute approximate surface area is 117 Å². The molecule has 2 heterocycles. The molecule has 0 aliphatic carbocycles. The number of fused-ring (bicyclic) bond motifs is 1. The Morgan fingerprint density at radius 3 is 3.00 bits per heavy atom. The maximum atomic E-state index is 11.3. The van der Waals surface area contributed by atoms with Crippen LogP contribution in [0.5, 0.6) is 5.75 Å². The average molecular weight is 278 g/mol. The molecule has 19 heavy (non-hydrogen) atoms. The highest BCUT2D eigenvalue weighted by Crippen LogP contribution is 2.34. The quantitative estimate of drug-likeness (QED) is 0.917. The van der Waals surface area contributed by atoms with Gasteiger partial charge in [-0.05, 0) is 44.1 Å². The third-order valence-corrected chi connectivity index (χ3v) is 4.52. The Hall–Kier alpha value is -1.20. The lowest BCUT2D eigenvalue weighted by atomic mass is 10.3. The number of carbonyl (C=O) groups excluding carboxylic acids is 1. The molecule has 3 rings (SSSR count). The number of hydrogen-bond donors (Lipinski definition) is 1. The third-order valence-electron chi connectivity index (χ3n) is 3.46. The van der Waals surface area contributed by atoms with Crippen LogP contribution in [0.3, 0.4) is 0 Å². The molecule has 0 bridgehead atoms. The second-order valence-electron chi connectivity index (χ2n) is 4.89. The van der Waals surface area contributed by atoms with E-state index in [0.29, 0.717) is 5.75 Å². The highest BCUT2D eigenvalue weighted by molar-refractivity contribution is 8.00. The molecule has 5 heteroatoms. The summed E-state index contributed by atoms with van der Waals surface area (Å²) in [6, 6.07) is 5.86. The number of likely N-dealkylation sites (tertiary alicyclic amines) is 1. The van der Waals surface area contributed by atoms with E-state index in [1.165, 1.54) is 25.9 Å². The molecule has 0 spiro atoms. The van der Waals surface area contributed by atoms with Gasteiger partial charge in [-0.1, -0.05) is 0 Å². The lowest BCUT2D eigenvalue weighted by Gasteiger charge is -2.18. The summed E-state index contributed by atoms with van der Waals surface area (Å²) in [5, 5.41) is 2.86. The molecule has 4 nitrogen and oxygen atoms in total. The predicted octanol–water partition coefficient (Wildman–Crippen LogP) is 2.21. The largest absolute Gasteiger partial charge is 0.492 e. The summed E-state index contributed by atoms with van der Waals surface area (Å²) >= 11 is 1.57. The van der Waals surface area contributed by atoms with Gasteiger partial charge in [0.2, 0.25) is 5.91 Å². The smallest absolute Gasteiger partial charge is 0.234 e. The van der Waals surface area contributed by atoms with E-state index in [1.54, 1.807) is 11.8 Å². The number of ether oxygens (including phenoxy) is 1. The molecular weight excluding hydrogens is 260 g/mol. The van der Waals surface area contributed by atoms with Crippen molar-refractivity contribution in [1.82, 2.24) is 4.90 Å². The molecule has 1 aromatic rings. The van der Waals surface area contributed by atoms with Crippen LogP contribution >= 0.6 is 11.8 Å². The van der Waals surface area contributed by atoms with Crippen LogP contribution in [0.15, 0.2) is 23.1 Å². The molecule has 2 aliphatic heterocycles. The molecule has 1 N–H and O–H groups in total. The van der Waals surface area contributed by atoms with Crippen LogP contribution in [0.1, 0.15) is 12.8 Å². The van der Waals surface area contributed by atoms with E-state index in [-0.39, 0.29) is 5.91 Å². The molecule has 1 fully saturated rings. The van der Waals surface area contributed by atoms with Gasteiger partial charge in [0.25, 0.3) is 0 Å².